The second-order valence-electron chi connectivity index (χ2n) is 4.97. The molecule has 0 saturated carbocycles. The first kappa shape index (κ1) is 19.3. The number of ether oxygens (including phenoxy) is 1. The molecule has 0 rings (SSSR count). The summed E-state index contributed by atoms with van der Waals surface area (Å²) in [5.74, 6) is -0.594. The van der Waals surface area contributed by atoms with Gasteiger partial charge in [-0.3, -0.25) is 4.52 Å². The van der Waals surface area contributed by atoms with Gasteiger partial charge in [-0.1, -0.05) is 33.3 Å². The summed E-state index contributed by atoms with van der Waals surface area (Å²) in [7, 11) is -4.68. The first-order valence-corrected chi connectivity index (χ1v) is 8.23. The van der Waals surface area contributed by atoms with Crippen LogP contribution < -0.4 is 0 Å². The highest BCUT2D eigenvalue weighted by Gasteiger charge is 2.43. The van der Waals surface area contributed by atoms with Crippen LogP contribution >= 0.6 is 7.82 Å². The molecule has 0 bridgehead atoms. The summed E-state index contributed by atoms with van der Waals surface area (Å²) in [5.41, 5.74) is -0.955. The average Bonchev–Trinajstić information content (AvgIpc) is 2.26. The molecule has 6 nitrogen and oxygen atoms in total. The van der Waals surface area contributed by atoms with Gasteiger partial charge in [0.25, 0.3) is 0 Å². The monoisotopic (exact) mass is 308 g/mol. The van der Waals surface area contributed by atoms with Gasteiger partial charge >= 0.3 is 13.8 Å². The van der Waals surface area contributed by atoms with E-state index in [1.165, 1.54) is 6.92 Å². The van der Waals surface area contributed by atoms with E-state index in [1.54, 1.807) is 6.92 Å². The number of carbonyl (C=O) groups excluding carboxylic acids is 1. The number of hydrogen-bond donors (Lipinski definition) is 2. The molecule has 0 spiro atoms. The molecule has 0 saturated heterocycles. The number of carbonyl (C=O) groups is 1. The zero-order valence-electron chi connectivity index (χ0n) is 12.6. The molecule has 0 aromatic carbocycles. The van der Waals surface area contributed by atoms with Crippen molar-refractivity contribution >= 4 is 13.8 Å². The van der Waals surface area contributed by atoms with E-state index in [4.69, 9.17) is 19.0 Å². The summed E-state index contributed by atoms with van der Waals surface area (Å²) in [4.78, 5) is 29.9. The summed E-state index contributed by atoms with van der Waals surface area (Å²) >= 11 is 0. The van der Waals surface area contributed by atoms with Crippen LogP contribution in [0.2, 0.25) is 0 Å². The van der Waals surface area contributed by atoms with Gasteiger partial charge in [0.15, 0.2) is 0 Å². The van der Waals surface area contributed by atoms with Gasteiger partial charge in [-0.2, -0.15) is 0 Å². The van der Waals surface area contributed by atoms with E-state index in [9.17, 15) is 9.36 Å². The number of rotatable bonds is 9. The number of phosphoric ester groups is 1. The summed E-state index contributed by atoms with van der Waals surface area (Å²) in [6.07, 6.45) is 1.29. The van der Waals surface area contributed by atoms with Gasteiger partial charge in [-0.05, 0) is 26.7 Å². The molecule has 1 unspecified atom stereocenters. The van der Waals surface area contributed by atoms with Crippen LogP contribution in [0, 0.1) is 0 Å². The van der Waals surface area contributed by atoms with Crippen LogP contribution in [0.5, 0.6) is 0 Å². The molecule has 0 aliphatic heterocycles. The van der Waals surface area contributed by atoms with Crippen molar-refractivity contribution in [2.45, 2.75) is 65.1 Å². The summed E-state index contributed by atoms with van der Waals surface area (Å²) in [6.45, 7) is 10.3. The minimum absolute atomic E-state index is 0.231. The molecule has 20 heavy (non-hydrogen) atoms. The third-order valence-electron chi connectivity index (χ3n) is 3.02. The van der Waals surface area contributed by atoms with Crippen molar-refractivity contribution in [2.24, 2.45) is 0 Å². The molecule has 2 N–H and O–H groups in total. The van der Waals surface area contributed by atoms with Crippen molar-refractivity contribution in [2.75, 3.05) is 0 Å². The molecule has 0 aromatic rings. The zero-order valence-corrected chi connectivity index (χ0v) is 13.5. The Morgan fingerprint density at radius 1 is 1.30 bits per heavy atom. The molecule has 0 aliphatic rings. The predicted octanol–water partition coefficient (Wildman–Crippen LogP) is 2.94. The average molecular weight is 308 g/mol. The lowest BCUT2D eigenvalue weighted by Crippen LogP contribution is -2.45. The van der Waals surface area contributed by atoms with Crippen molar-refractivity contribution in [3.63, 3.8) is 0 Å². The van der Waals surface area contributed by atoms with Gasteiger partial charge in [0.2, 0.25) is 0 Å². The third kappa shape index (κ3) is 6.18. The fraction of sp³-hybridized carbons (Fsp3) is 0.769. The molecular weight excluding hydrogens is 283 g/mol. The van der Waals surface area contributed by atoms with Gasteiger partial charge in [0.1, 0.15) is 11.7 Å². The summed E-state index contributed by atoms with van der Waals surface area (Å²) in [6, 6.07) is 0. The maximum atomic E-state index is 11.6. The Morgan fingerprint density at radius 3 is 2.05 bits per heavy atom. The smallest absolute Gasteiger partial charge is 0.456 e. The second-order valence-corrected chi connectivity index (χ2v) is 6.14. The molecule has 118 valence electrons. The maximum absolute atomic E-state index is 11.6. The van der Waals surface area contributed by atoms with Gasteiger partial charge < -0.3 is 14.5 Å². The molecular formula is C13H25O6P. The van der Waals surface area contributed by atoms with Crippen molar-refractivity contribution < 1.29 is 28.4 Å². The highest BCUT2D eigenvalue weighted by molar-refractivity contribution is 7.46. The van der Waals surface area contributed by atoms with Crippen LogP contribution in [0.1, 0.15) is 53.4 Å². The Labute approximate surface area is 120 Å². The first-order chi connectivity index (χ1) is 9.08. The molecule has 0 amide bonds. The molecule has 0 aliphatic carbocycles. The lowest BCUT2D eigenvalue weighted by Gasteiger charge is -2.38. The minimum atomic E-state index is -4.68. The largest absolute Gasteiger partial charge is 0.470 e. The van der Waals surface area contributed by atoms with Crippen LogP contribution in [0.25, 0.3) is 0 Å². The Hall–Kier alpha value is -0.680. The number of hydrogen-bond acceptors (Lipinski definition) is 4. The van der Waals surface area contributed by atoms with E-state index in [0.717, 1.165) is 0 Å². The van der Waals surface area contributed by atoms with Gasteiger partial charge in [0, 0.05) is 5.57 Å². The molecule has 1 atom stereocenters. The Morgan fingerprint density at radius 2 is 1.75 bits per heavy atom. The van der Waals surface area contributed by atoms with Crippen LogP contribution in [-0.4, -0.2) is 27.5 Å². The quantitative estimate of drug-likeness (QED) is 0.386. The summed E-state index contributed by atoms with van der Waals surface area (Å²) in [5, 5.41) is 0. The third-order valence-corrected chi connectivity index (χ3v) is 3.62. The lowest BCUT2D eigenvalue weighted by molar-refractivity contribution is -0.159. The normalized spacial score (nSPS) is 13.9. The minimum Gasteiger partial charge on any atom is -0.456 e. The predicted molar refractivity (Wildman–Crippen MR) is 76.0 cm³/mol. The van der Waals surface area contributed by atoms with Crippen LogP contribution in [0.15, 0.2) is 12.2 Å². The lowest BCUT2D eigenvalue weighted by atomic mass is 9.87. The standard InChI is InChI=1S/C13H25O6P/c1-6-8-13(9-7-2,19-20(15,16)17)11(5)18-12(14)10(3)4/h11H,3,6-9H2,1-2,4-5H3,(H2,15,16,17). The Kier molecular flexibility index (Phi) is 7.66. The van der Waals surface area contributed by atoms with E-state index in [2.05, 4.69) is 6.58 Å². The van der Waals surface area contributed by atoms with Gasteiger partial charge in [0.05, 0.1) is 0 Å². The highest BCUT2D eigenvalue weighted by Crippen LogP contribution is 2.47. The maximum Gasteiger partial charge on any atom is 0.470 e. The molecule has 0 radical (unpaired) electrons. The summed E-state index contributed by atoms with van der Waals surface area (Å²) < 4.78 is 21.5. The van der Waals surface area contributed by atoms with Crippen molar-refractivity contribution in [1.29, 1.82) is 0 Å². The van der Waals surface area contributed by atoms with Crippen LogP contribution in [0.3, 0.4) is 0 Å². The van der Waals surface area contributed by atoms with Crippen molar-refractivity contribution in [3.8, 4) is 0 Å². The molecule has 0 fully saturated rings. The SMILES string of the molecule is C=C(C)C(=O)OC(C)C(CCC)(CCC)OP(=O)(O)O. The van der Waals surface area contributed by atoms with E-state index in [1.807, 2.05) is 13.8 Å². The van der Waals surface area contributed by atoms with E-state index >= 15 is 0 Å². The topological polar surface area (TPSA) is 93.1 Å². The molecule has 7 heteroatoms. The van der Waals surface area contributed by atoms with Gasteiger partial charge in [-0.15, -0.1) is 0 Å². The molecule has 0 aromatic heterocycles. The van der Waals surface area contributed by atoms with Gasteiger partial charge in [-0.25, -0.2) is 9.36 Å². The Balaban J connectivity index is 5.29. The van der Waals surface area contributed by atoms with Crippen molar-refractivity contribution in [1.82, 2.24) is 0 Å². The fourth-order valence-electron chi connectivity index (χ4n) is 2.15. The number of esters is 1. The first-order valence-electron chi connectivity index (χ1n) is 6.70. The fourth-order valence-corrected chi connectivity index (χ4v) is 2.95. The van der Waals surface area contributed by atoms with Crippen LogP contribution in [0.4, 0.5) is 0 Å². The van der Waals surface area contributed by atoms with Crippen molar-refractivity contribution in [3.05, 3.63) is 12.2 Å². The highest BCUT2D eigenvalue weighted by atomic mass is 31.2. The Bertz CT molecular complexity index is 380. The van der Waals surface area contributed by atoms with E-state index in [0.29, 0.717) is 25.7 Å². The van der Waals surface area contributed by atoms with Crippen LogP contribution in [-0.2, 0) is 18.6 Å². The second kappa shape index (κ2) is 7.93. The van der Waals surface area contributed by atoms with E-state index in [-0.39, 0.29) is 5.57 Å². The zero-order chi connectivity index (χ0) is 16.0. The molecule has 0 heterocycles. The van der Waals surface area contributed by atoms with E-state index < -0.39 is 25.5 Å². The number of phosphoric acid groups is 1.